The fourth-order valence-corrected chi connectivity index (χ4v) is 2.34. The minimum absolute atomic E-state index is 0.0801. The summed E-state index contributed by atoms with van der Waals surface area (Å²) < 4.78 is 0. The molecule has 4 nitrogen and oxygen atoms in total. The molecule has 0 amide bonds. The molecule has 2 rings (SSSR count). The van der Waals surface area contributed by atoms with Gasteiger partial charge in [-0.2, -0.15) is 0 Å². The van der Waals surface area contributed by atoms with Crippen molar-refractivity contribution in [2.45, 2.75) is 26.7 Å². The number of aromatic amines is 1. The van der Waals surface area contributed by atoms with Gasteiger partial charge in [-0.05, 0) is 20.3 Å². The number of hydrogen-bond donors (Lipinski definition) is 1. The lowest BCUT2D eigenvalue weighted by atomic mass is 10.2. The Morgan fingerprint density at radius 1 is 1.38 bits per heavy atom. The van der Waals surface area contributed by atoms with E-state index in [4.69, 9.17) is 0 Å². The van der Waals surface area contributed by atoms with Gasteiger partial charge < -0.3 is 4.98 Å². The van der Waals surface area contributed by atoms with Gasteiger partial charge in [0.25, 0.3) is 5.56 Å². The zero-order valence-electron chi connectivity index (χ0n) is 9.28. The van der Waals surface area contributed by atoms with Crippen molar-refractivity contribution in [3.8, 4) is 0 Å². The summed E-state index contributed by atoms with van der Waals surface area (Å²) in [6.45, 7) is 3.83. The molecule has 84 valence electrons. The van der Waals surface area contributed by atoms with Crippen LogP contribution in [-0.4, -0.2) is 15.0 Å². The van der Waals surface area contributed by atoms with E-state index < -0.39 is 0 Å². The van der Waals surface area contributed by atoms with Crippen molar-refractivity contribution in [1.29, 1.82) is 0 Å². The molecule has 2 aromatic heterocycles. The Kier molecular flexibility index (Phi) is 3.14. The number of aromatic nitrogens is 3. The minimum atomic E-state index is -0.0801. The Bertz CT molecular complexity index is 544. The highest BCUT2D eigenvalue weighted by Gasteiger charge is 2.03. The van der Waals surface area contributed by atoms with Gasteiger partial charge >= 0.3 is 0 Å². The van der Waals surface area contributed by atoms with Crippen LogP contribution in [0.1, 0.15) is 22.1 Å². The fourth-order valence-electron chi connectivity index (χ4n) is 1.56. The average Bonchev–Trinajstić information content (AvgIpc) is 2.59. The standard InChI is InChI=1S/C11H13N3OS/c1-7-5-11(15)14-10(13-7)4-3-9-8(2)12-6-16-9/h5-6H,3-4H2,1-2H3,(H,13,14,15). The lowest BCUT2D eigenvalue weighted by Crippen LogP contribution is -2.11. The van der Waals surface area contributed by atoms with Crippen molar-refractivity contribution in [2.24, 2.45) is 0 Å². The summed E-state index contributed by atoms with van der Waals surface area (Å²) in [4.78, 5) is 23.7. The molecule has 5 heteroatoms. The maximum Gasteiger partial charge on any atom is 0.251 e. The molecule has 0 aliphatic carbocycles. The maximum absolute atomic E-state index is 11.2. The Hall–Kier alpha value is -1.49. The third-order valence-corrected chi connectivity index (χ3v) is 3.35. The average molecular weight is 235 g/mol. The highest BCUT2D eigenvalue weighted by molar-refractivity contribution is 7.09. The summed E-state index contributed by atoms with van der Waals surface area (Å²) in [5, 5.41) is 0. The topological polar surface area (TPSA) is 58.6 Å². The molecular weight excluding hydrogens is 222 g/mol. The number of nitrogens with zero attached hydrogens (tertiary/aromatic N) is 2. The van der Waals surface area contributed by atoms with E-state index in [2.05, 4.69) is 15.0 Å². The first-order valence-corrected chi connectivity index (χ1v) is 5.99. The molecule has 0 atom stereocenters. The van der Waals surface area contributed by atoms with E-state index in [0.717, 1.165) is 30.1 Å². The number of rotatable bonds is 3. The van der Waals surface area contributed by atoms with Crippen LogP contribution in [0.15, 0.2) is 16.4 Å². The molecule has 2 heterocycles. The van der Waals surface area contributed by atoms with Crippen molar-refractivity contribution in [1.82, 2.24) is 15.0 Å². The molecule has 0 radical (unpaired) electrons. The van der Waals surface area contributed by atoms with Crippen LogP contribution in [0.4, 0.5) is 0 Å². The van der Waals surface area contributed by atoms with E-state index in [0.29, 0.717) is 0 Å². The van der Waals surface area contributed by atoms with Crippen molar-refractivity contribution < 1.29 is 0 Å². The number of aryl methyl sites for hydroxylation is 4. The second kappa shape index (κ2) is 4.57. The van der Waals surface area contributed by atoms with Gasteiger partial charge in [-0.1, -0.05) is 0 Å². The van der Waals surface area contributed by atoms with Gasteiger partial charge in [-0.25, -0.2) is 9.97 Å². The molecule has 0 aliphatic rings. The first-order valence-electron chi connectivity index (χ1n) is 5.11. The maximum atomic E-state index is 11.2. The van der Waals surface area contributed by atoms with Crippen molar-refractivity contribution in [3.05, 3.63) is 44.0 Å². The monoisotopic (exact) mass is 235 g/mol. The zero-order valence-corrected chi connectivity index (χ0v) is 10.1. The van der Waals surface area contributed by atoms with E-state index in [9.17, 15) is 4.79 Å². The second-order valence-electron chi connectivity index (χ2n) is 3.69. The predicted octanol–water partition coefficient (Wildman–Crippen LogP) is 1.63. The van der Waals surface area contributed by atoms with Crippen LogP contribution < -0.4 is 5.56 Å². The summed E-state index contributed by atoms with van der Waals surface area (Å²) in [6, 6.07) is 1.50. The zero-order chi connectivity index (χ0) is 11.5. The quantitative estimate of drug-likeness (QED) is 0.879. The second-order valence-corrected chi connectivity index (χ2v) is 4.63. The molecule has 0 aliphatic heterocycles. The van der Waals surface area contributed by atoms with Crippen LogP contribution in [0.5, 0.6) is 0 Å². The summed E-state index contributed by atoms with van der Waals surface area (Å²) >= 11 is 1.65. The van der Waals surface area contributed by atoms with E-state index in [1.807, 2.05) is 19.4 Å². The van der Waals surface area contributed by atoms with Crippen LogP contribution in [0.3, 0.4) is 0 Å². The van der Waals surface area contributed by atoms with Gasteiger partial charge in [0.2, 0.25) is 0 Å². The molecule has 0 bridgehead atoms. The summed E-state index contributed by atoms with van der Waals surface area (Å²) in [5.41, 5.74) is 3.60. The van der Waals surface area contributed by atoms with Crippen LogP contribution in [0.25, 0.3) is 0 Å². The van der Waals surface area contributed by atoms with E-state index in [-0.39, 0.29) is 5.56 Å². The molecule has 0 saturated carbocycles. The van der Waals surface area contributed by atoms with Crippen LogP contribution in [0.2, 0.25) is 0 Å². The minimum Gasteiger partial charge on any atom is -0.311 e. The molecule has 0 unspecified atom stereocenters. The Morgan fingerprint density at radius 2 is 2.19 bits per heavy atom. The van der Waals surface area contributed by atoms with Gasteiger partial charge in [0.1, 0.15) is 5.82 Å². The fraction of sp³-hybridized carbons (Fsp3) is 0.364. The SMILES string of the molecule is Cc1cc(=O)[nH]c(CCc2scnc2C)n1. The molecule has 0 spiro atoms. The molecule has 16 heavy (non-hydrogen) atoms. The van der Waals surface area contributed by atoms with Gasteiger partial charge in [0, 0.05) is 23.1 Å². The normalized spacial score (nSPS) is 10.6. The highest BCUT2D eigenvalue weighted by Crippen LogP contribution is 2.13. The van der Waals surface area contributed by atoms with Crippen molar-refractivity contribution >= 4 is 11.3 Å². The smallest absolute Gasteiger partial charge is 0.251 e. The predicted molar refractivity (Wildman–Crippen MR) is 63.9 cm³/mol. The summed E-state index contributed by atoms with van der Waals surface area (Å²) in [5.74, 6) is 0.748. The van der Waals surface area contributed by atoms with Crippen LogP contribution >= 0.6 is 11.3 Å². The molecule has 1 N–H and O–H groups in total. The largest absolute Gasteiger partial charge is 0.311 e. The Labute approximate surface area is 97.4 Å². The lowest BCUT2D eigenvalue weighted by molar-refractivity contribution is 0.838. The molecule has 0 aromatic carbocycles. The van der Waals surface area contributed by atoms with E-state index >= 15 is 0 Å². The summed E-state index contributed by atoms with van der Waals surface area (Å²) in [7, 11) is 0. The van der Waals surface area contributed by atoms with E-state index in [1.165, 1.54) is 10.9 Å². The van der Waals surface area contributed by atoms with Gasteiger partial charge in [0.15, 0.2) is 0 Å². The summed E-state index contributed by atoms with van der Waals surface area (Å²) in [6.07, 6.45) is 1.63. The number of H-pyrrole nitrogens is 1. The molecular formula is C11H13N3OS. The number of thiazole rings is 1. The van der Waals surface area contributed by atoms with Gasteiger partial charge in [-0.3, -0.25) is 4.79 Å². The molecule has 0 saturated heterocycles. The van der Waals surface area contributed by atoms with Crippen molar-refractivity contribution in [2.75, 3.05) is 0 Å². The van der Waals surface area contributed by atoms with E-state index in [1.54, 1.807) is 11.3 Å². The highest BCUT2D eigenvalue weighted by atomic mass is 32.1. The van der Waals surface area contributed by atoms with Crippen LogP contribution in [-0.2, 0) is 12.8 Å². The number of hydrogen-bond acceptors (Lipinski definition) is 4. The Balaban J connectivity index is 2.10. The van der Waals surface area contributed by atoms with Crippen molar-refractivity contribution in [3.63, 3.8) is 0 Å². The number of nitrogens with one attached hydrogen (secondary N) is 1. The van der Waals surface area contributed by atoms with Crippen LogP contribution in [0, 0.1) is 13.8 Å². The first kappa shape index (κ1) is 11.0. The third kappa shape index (κ3) is 2.55. The third-order valence-electron chi connectivity index (χ3n) is 2.35. The molecule has 2 aromatic rings. The first-order chi connectivity index (χ1) is 7.65. The van der Waals surface area contributed by atoms with Gasteiger partial charge in [-0.15, -0.1) is 11.3 Å². The van der Waals surface area contributed by atoms with Gasteiger partial charge in [0.05, 0.1) is 11.2 Å². The lowest BCUT2D eigenvalue weighted by Gasteiger charge is -2.00. The molecule has 0 fully saturated rings. The Morgan fingerprint density at radius 3 is 2.81 bits per heavy atom.